The summed E-state index contributed by atoms with van der Waals surface area (Å²) in [5.41, 5.74) is -0.334. The molecule has 0 bridgehead atoms. The van der Waals surface area contributed by atoms with Crippen molar-refractivity contribution in [1.29, 1.82) is 0 Å². The molecule has 3 heterocycles. The highest BCUT2D eigenvalue weighted by Crippen LogP contribution is 2.30. The van der Waals surface area contributed by atoms with Gasteiger partial charge in [0.1, 0.15) is 11.6 Å². The van der Waals surface area contributed by atoms with E-state index in [9.17, 15) is 19.8 Å². The molecular weight excluding hydrogens is 268 g/mol. The van der Waals surface area contributed by atoms with E-state index in [0.717, 1.165) is 0 Å². The first-order valence-electron chi connectivity index (χ1n) is 6.09. The number of aliphatic hydroxyl groups is 3. The van der Waals surface area contributed by atoms with Crippen molar-refractivity contribution in [2.24, 2.45) is 0 Å². The van der Waals surface area contributed by atoms with Gasteiger partial charge in [-0.3, -0.25) is 9.78 Å². The maximum atomic E-state index is 11.6. The largest absolute Gasteiger partial charge is 0.395 e. The van der Waals surface area contributed by atoms with Crippen LogP contribution in [0.4, 0.5) is 0 Å². The van der Waals surface area contributed by atoms with Gasteiger partial charge >= 0.3 is 5.69 Å². The minimum absolute atomic E-state index is 0.176. The SMILES string of the molecule is O=c1[nH]c(=O)c2[nH]cc(C3N[C@H](CO)[C@@H](O)[C@H]3O)c2[nH]1. The number of aromatic amines is 3. The van der Waals surface area contributed by atoms with Gasteiger partial charge in [-0.2, -0.15) is 0 Å². The fourth-order valence-corrected chi connectivity index (χ4v) is 2.61. The third-order valence-corrected chi connectivity index (χ3v) is 3.63. The number of aromatic nitrogens is 3. The van der Waals surface area contributed by atoms with E-state index in [-0.39, 0.29) is 17.6 Å². The van der Waals surface area contributed by atoms with E-state index in [1.165, 1.54) is 6.20 Å². The number of hydrogen-bond donors (Lipinski definition) is 7. The lowest BCUT2D eigenvalue weighted by Gasteiger charge is -2.14. The van der Waals surface area contributed by atoms with Gasteiger partial charge in [-0.15, -0.1) is 0 Å². The molecule has 1 fully saturated rings. The third kappa shape index (κ3) is 1.79. The quantitative estimate of drug-likeness (QED) is 0.317. The number of H-pyrrole nitrogens is 3. The topological polar surface area (TPSA) is 154 Å². The molecule has 3 rings (SSSR count). The first-order valence-corrected chi connectivity index (χ1v) is 6.09. The Hall–Kier alpha value is -1.94. The van der Waals surface area contributed by atoms with Crippen LogP contribution in [0.2, 0.25) is 0 Å². The third-order valence-electron chi connectivity index (χ3n) is 3.63. The second kappa shape index (κ2) is 4.56. The molecule has 0 amide bonds. The first kappa shape index (κ1) is 13.1. The van der Waals surface area contributed by atoms with Crippen LogP contribution in [-0.2, 0) is 0 Å². The van der Waals surface area contributed by atoms with Gasteiger partial charge in [0.15, 0.2) is 0 Å². The first-order chi connectivity index (χ1) is 9.52. The molecule has 0 spiro atoms. The summed E-state index contributed by atoms with van der Waals surface area (Å²) in [7, 11) is 0. The molecule has 108 valence electrons. The monoisotopic (exact) mass is 282 g/mol. The van der Waals surface area contributed by atoms with Gasteiger partial charge in [-0.05, 0) is 0 Å². The summed E-state index contributed by atoms with van der Waals surface area (Å²) < 4.78 is 0. The summed E-state index contributed by atoms with van der Waals surface area (Å²) in [5, 5.41) is 31.8. The highest BCUT2D eigenvalue weighted by atomic mass is 16.3. The molecule has 2 aromatic heterocycles. The van der Waals surface area contributed by atoms with Gasteiger partial charge in [0, 0.05) is 11.8 Å². The molecular formula is C11H14N4O5. The summed E-state index contributed by atoms with van der Waals surface area (Å²) in [6.07, 6.45) is -0.818. The molecule has 0 radical (unpaired) electrons. The molecule has 1 saturated heterocycles. The molecule has 0 aliphatic carbocycles. The Morgan fingerprint density at radius 1 is 1.10 bits per heavy atom. The minimum Gasteiger partial charge on any atom is -0.395 e. The normalized spacial score (nSPS) is 30.1. The minimum atomic E-state index is -1.16. The Bertz CT molecular complexity index is 747. The van der Waals surface area contributed by atoms with Crippen LogP contribution in [0.1, 0.15) is 11.6 Å². The average molecular weight is 282 g/mol. The smallest absolute Gasteiger partial charge is 0.326 e. The lowest BCUT2D eigenvalue weighted by molar-refractivity contribution is 0.0196. The van der Waals surface area contributed by atoms with E-state index in [1.54, 1.807) is 0 Å². The Balaban J connectivity index is 2.12. The zero-order valence-corrected chi connectivity index (χ0v) is 10.3. The van der Waals surface area contributed by atoms with Crippen molar-refractivity contribution in [2.45, 2.75) is 24.3 Å². The number of hydrogen-bond acceptors (Lipinski definition) is 6. The summed E-state index contributed by atoms with van der Waals surface area (Å²) in [6.45, 7) is -0.339. The average Bonchev–Trinajstić information content (AvgIpc) is 2.93. The van der Waals surface area contributed by atoms with Crippen LogP contribution in [-0.4, -0.2) is 55.1 Å². The van der Waals surface area contributed by atoms with Crippen LogP contribution in [0.25, 0.3) is 11.0 Å². The van der Waals surface area contributed by atoms with E-state index in [2.05, 4.69) is 20.3 Å². The van der Waals surface area contributed by atoms with Gasteiger partial charge < -0.3 is 30.6 Å². The van der Waals surface area contributed by atoms with Crippen LogP contribution in [0, 0.1) is 0 Å². The Morgan fingerprint density at radius 3 is 2.50 bits per heavy atom. The van der Waals surface area contributed by atoms with Gasteiger partial charge in [-0.1, -0.05) is 0 Å². The molecule has 1 aliphatic rings. The number of rotatable bonds is 2. The highest BCUT2D eigenvalue weighted by molar-refractivity contribution is 5.78. The predicted molar refractivity (Wildman–Crippen MR) is 68.3 cm³/mol. The lowest BCUT2D eigenvalue weighted by Crippen LogP contribution is -2.35. The molecule has 7 N–H and O–H groups in total. The van der Waals surface area contributed by atoms with Crippen LogP contribution >= 0.6 is 0 Å². The highest BCUT2D eigenvalue weighted by Gasteiger charge is 2.42. The standard InChI is InChI=1S/C11H14N4O5/c16-2-4-8(17)9(18)6(13-4)3-1-12-7-5(3)14-11(20)15-10(7)19/h1,4,6,8-9,12-13,16-18H,2H2,(H2,14,15,19,20)/t4-,6?,8-,9+/m1/s1. The molecule has 9 heteroatoms. The molecule has 0 saturated carbocycles. The van der Waals surface area contributed by atoms with Crippen molar-refractivity contribution in [3.05, 3.63) is 32.6 Å². The Kier molecular flexibility index (Phi) is 2.98. The Morgan fingerprint density at radius 2 is 1.85 bits per heavy atom. The van der Waals surface area contributed by atoms with Gasteiger partial charge in [-0.25, -0.2) is 4.79 Å². The van der Waals surface area contributed by atoms with E-state index >= 15 is 0 Å². The lowest BCUT2D eigenvalue weighted by atomic mass is 10.0. The van der Waals surface area contributed by atoms with Crippen molar-refractivity contribution >= 4 is 11.0 Å². The fraction of sp³-hybridized carbons (Fsp3) is 0.455. The maximum Gasteiger partial charge on any atom is 0.326 e. The predicted octanol–water partition coefficient (Wildman–Crippen LogP) is -2.73. The van der Waals surface area contributed by atoms with E-state index < -0.39 is 35.5 Å². The summed E-state index contributed by atoms with van der Waals surface area (Å²) in [5.74, 6) is 0. The summed E-state index contributed by atoms with van der Waals surface area (Å²) in [4.78, 5) is 30.2. The van der Waals surface area contributed by atoms with Crippen molar-refractivity contribution in [1.82, 2.24) is 20.3 Å². The fourth-order valence-electron chi connectivity index (χ4n) is 2.61. The van der Waals surface area contributed by atoms with Crippen molar-refractivity contribution < 1.29 is 15.3 Å². The maximum absolute atomic E-state index is 11.6. The molecule has 1 aliphatic heterocycles. The summed E-state index contributed by atoms with van der Waals surface area (Å²) in [6, 6.07) is -1.37. The van der Waals surface area contributed by atoms with E-state index in [1.807, 2.05) is 0 Å². The van der Waals surface area contributed by atoms with Crippen LogP contribution < -0.4 is 16.6 Å². The second-order valence-electron chi connectivity index (χ2n) is 4.82. The second-order valence-corrected chi connectivity index (χ2v) is 4.82. The van der Waals surface area contributed by atoms with E-state index in [4.69, 9.17) is 5.11 Å². The van der Waals surface area contributed by atoms with Gasteiger partial charge in [0.25, 0.3) is 5.56 Å². The van der Waals surface area contributed by atoms with Crippen molar-refractivity contribution in [3.8, 4) is 0 Å². The van der Waals surface area contributed by atoms with Crippen molar-refractivity contribution in [3.63, 3.8) is 0 Å². The van der Waals surface area contributed by atoms with Crippen LogP contribution in [0.15, 0.2) is 15.8 Å². The van der Waals surface area contributed by atoms with Gasteiger partial charge in [0.2, 0.25) is 0 Å². The van der Waals surface area contributed by atoms with Crippen LogP contribution in [0.3, 0.4) is 0 Å². The number of aliphatic hydroxyl groups excluding tert-OH is 3. The van der Waals surface area contributed by atoms with Gasteiger partial charge in [0.05, 0.1) is 30.3 Å². The Labute approximate surface area is 111 Å². The number of nitrogens with one attached hydrogen (secondary N) is 4. The molecule has 20 heavy (non-hydrogen) atoms. The van der Waals surface area contributed by atoms with Crippen molar-refractivity contribution in [2.75, 3.05) is 6.61 Å². The zero-order valence-electron chi connectivity index (χ0n) is 10.3. The summed E-state index contributed by atoms with van der Waals surface area (Å²) >= 11 is 0. The zero-order chi connectivity index (χ0) is 14.4. The number of fused-ring (bicyclic) bond motifs is 1. The molecule has 4 atom stereocenters. The van der Waals surface area contributed by atoms with E-state index in [0.29, 0.717) is 5.56 Å². The molecule has 9 nitrogen and oxygen atoms in total. The molecule has 0 aromatic carbocycles. The molecule has 2 aromatic rings. The van der Waals surface area contributed by atoms with Crippen LogP contribution in [0.5, 0.6) is 0 Å². The molecule has 1 unspecified atom stereocenters.